The molecule has 0 aliphatic heterocycles. The van der Waals surface area contributed by atoms with Gasteiger partial charge < -0.3 is 9.30 Å². The van der Waals surface area contributed by atoms with Gasteiger partial charge in [0.1, 0.15) is 5.52 Å². The van der Waals surface area contributed by atoms with Crippen molar-refractivity contribution >= 4 is 38.6 Å². The van der Waals surface area contributed by atoms with Crippen LogP contribution < -0.4 is 10.3 Å². The van der Waals surface area contributed by atoms with Crippen molar-refractivity contribution in [2.75, 3.05) is 7.11 Å². The molecule has 84 valence electrons. The van der Waals surface area contributed by atoms with Crippen LogP contribution in [0.5, 0.6) is 5.75 Å². The number of hydrogen-bond donors (Lipinski definition) is 0. The third-order valence-electron chi connectivity index (χ3n) is 2.21. The van der Waals surface area contributed by atoms with E-state index in [1.807, 2.05) is 0 Å². The van der Waals surface area contributed by atoms with Gasteiger partial charge in [-0.25, -0.2) is 9.97 Å². The number of halogens is 2. The molecule has 2 aromatic heterocycles. The van der Waals surface area contributed by atoms with Gasteiger partial charge in [-0.15, -0.1) is 0 Å². The van der Waals surface area contributed by atoms with Crippen molar-refractivity contribution in [1.29, 1.82) is 0 Å². The number of methoxy groups -OCH3 is 1. The molecule has 5 nitrogen and oxygen atoms in total. The Kier molecular flexibility index (Phi) is 2.86. The van der Waals surface area contributed by atoms with Gasteiger partial charge in [-0.05, 0) is 27.5 Å². The summed E-state index contributed by atoms with van der Waals surface area (Å²) >= 11 is 8.98. The molecule has 0 saturated heterocycles. The molecule has 2 aromatic rings. The first kappa shape index (κ1) is 11.3. The van der Waals surface area contributed by atoms with Crippen LogP contribution in [0.15, 0.2) is 15.5 Å². The average molecular weight is 305 g/mol. The largest absolute Gasteiger partial charge is 0.490 e. The van der Waals surface area contributed by atoms with Gasteiger partial charge in [-0.1, -0.05) is 0 Å². The molecule has 0 saturated carbocycles. The van der Waals surface area contributed by atoms with Gasteiger partial charge in [0.05, 0.1) is 23.3 Å². The average Bonchev–Trinajstić information content (AvgIpc) is 2.27. The van der Waals surface area contributed by atoms with Crippen molar-refractivity contribution < 1.29 is 4.74 Å². The summed E-state index contributed by atoms with van der Waals surface area (Å²) in [7, 11) is 3.05. The van der Waals surface area contributed by atoms with Crippen molar-refractivity contribution in [3.05, 3.63) is 26.3 Å². The summed E-state index contributed by atoms with van der Waals surface area (Å²) in [6.45, 7) is 0. The van der Waals surface area contributed by atoms with E-state index >= 15 is 0 Å². The summed E-state index contributed by atoms with van der Waals surface area (Å²) in [6, 6.07) is 0. The first-order chi connectivity index (χ1) is 7.56. The lowest BCUT2D eigenvalue weighted by molar-refractivity contribution is 0.403. The standard InChI is InChI=1S/C9H7BrClN3O2/c1-14-4-3-12-9(11)13-6(4)5(10)7(16-2)8(14)15/h3H,1-2H3. The minimum atomic E-state index is -0.257. The predicted octanol–water partition coefficient (Wildman–Crippen LogP) is 1.75. The molecule has 0 amide bonds. The van der Waals surface area contributed by atoms with Crippen LogP contribution in [0.3, 0.4) is 0 Å². The first-order valence-corrected chi connectivity index (χ1v) is 5.48. The molecule has 0 spiro atoms. The zero-order chi connectivity index (χ0) is 11.9. The van der Waals surface area contributed by atoms with Gasteiger partial charge in [-0.2, -0.15) is 0 Å². The fourth-order valence-corrected chi connectivity index (χ4v) is 2.16. The van der Waals surface area contributed by atoms with Crippen molar-refractivity contribution in [3.8, 4) is 5.75 Å². The maximum absolute atomic E-state index is 11.8. The normalized spacial score (nSPS) is 10.8. The van der Waals surface area contributed by atoms with Gasteiger partial charge in [0.2, 0.25) is 11.0 Å². The highest BCUT2D eigenvalue weighted by Gasteiger charge is 2.15. The van der Waals surface area contributed by atoms with Crippen molar-refractivity contribution in [3.63, 3.8) is 0 Å². The molecule has 0 N–H and O–H groups in total. The summed E-state index contributed by atoms with van der Waals surface area (Å²) in [5.41, 5.74) is 0.869. The molecule has 0 bridgehead atoms. The van der Waals surface area contributed by atoms with Gasteiger partial charge in [-0.3, -0.25) is 4.79 Å². The lowest BCUT2D eigenvalue weighted by Crippen LogP contribution is -2.20. The highest BCUT2D eigenvalue weighted by Crippen LogP contribution is 2.28. The molecular weight excluding hydrogens is 297 g/mol. The Bertz CT molecular complexity index is 626. The fraction of sp³-hybridized carbons (Fsp3) is 0.222. The molecule has 0 fully saturated rings. The number of fused-ring (bicyclic) bond motifs is 1. The Morgan fingerprint density at radius 2 is 2.25 bits per heavy atom. The third-order valence-corrected chi connectivity index (χ3v) is 3.13. The van der Waals surface area contributed by atoms with Crippen LogP contribution in [0.2, 0.25) is 5.28 Å². The predicted molar refractivity (Wildman–Crippen MR) is 64.0 cm³/mol. The minimum Gasteiger partial charge on any atom is -0.490 e. The first-order valence-electron chi connectivity index (χ1n) is 4.31. The summed E-state index contributed by atoms with van der Waals surface area (Å²) in [5, 5.41) is 0.119. The number of pyridine rings is 1. The zero-order valence-electron chi connectivity index (χ0n) is 8.49. The SMILES string of the molecule is COc1c(Br)c2nc(Cl)ncc2n(C)c1=O. The van der Waals surface area contributed by atoms with E-state index in [1.54, 1.807) is 7.05 Å². The summed E-state index contributed by atoms with van der Waals surface area (Å²) < 4.78 is 6.92. The van der Waals surface area contributed by atoms with Crippen molar-refractivity contribution in [1.82, 2.24) is 14.5 Å². The minimum absolute atomic E-state index is 0.119. The van der Waals surface area contributed by atoms with Crippen LogP contribution in [-0.4, -0.2) is 21.6 Å². The Morgan fingerprint density at radius 3 is 2.88 bits per heavy atom. The zero-order valence-corrected chi connectivity index (χ0v) is 10.8. The van der Waals surface area contributed by atoms with Crippen LogP contribution in [0, 0.1) is 0 Å². The highest BCUT2D eigenvalue weighted by atomic mass is 79.9. The number of hydrogen-bond acceptors (Lipinski definition) is 4. The van der Waals surface area contributed by atoms with Crippen LogP contribution in [-0.2, 0) is 7.05 Å². The summed E-state index contributed by atoms with van der Waals surface area (Å²) in [5.74, 6) is 0.199. The highest BCUT2D eigenvalue weighted by molar-refractivity contribution is 9.10. The van der Waals surface area contributed by atoms with Gasteiger partial charge in [0, 0.05) is 7.05 Å². The van der Waals surface area contributed by atoms with Gasteiger partial charge >= 0.3 is 0 Å². The topological polar surface area (TPSA) is 57.0 Å². The lowest BCUT2D eigenvalue weighted by Gasteiger charge is -2.09. The molecule has 0 atom stereocenters. The smallest absolute Gasteiger partial charge is 0.294 e. The Hall–Kier alpha value is -1.14. The van der Waals surface area contributed by atoms with Gasteiger partial charge in [0.15, 0.2) is 0 Å². The monoisotopic (exact) mass is 303 g/mol. The second kappa shape index (κ2) is 4.03. The molecule has 0 aliphatic carbocycles. The second-order valence-corrected chi connectivity index (χ2v) is 4.22. The van der Waals surface area contributed by atoms with Crippen molar-refractivity contribution in [2.24, 2.45) is 7.05 Å². The van der Waals surface area contributed by atoms with E-state index in [4.69, 9.17) is 16.3 Å². The number of aryl methyl sites for hydroxylation is 1. The van der Waals surface area contributed by atoms with Crippen LogP contribution >= 0.6 is 27.5 Å². The number of aromatic nitrogens is 3. The molecule has 7 heteroatoms. The van der Waals surface area contributed by atoms with E-state index in [0.717, 1.165) is 0 Å². The van der Waals surface area contributed by atoms with E-state index in [2.05, 4.69) is 25.9 Å². The Balaban J connectivity index is 3.02. The van der Waals surface area contributed by atoms with E-state index in [1.165, 1.54) is 17.9 Å². The maximum Gasteiger partial charge on any atom is 0.294 e. The number of ether oxygens (including phenoxy) is 1. The molecule has 16 heavy (non-hydrogen) atoms. The Labute approximate surface area is 104 Å². The molecule has 0 aliphatic rings. The van der Waals surface area contributed by atoms with E-state index < -0.39 is 0 Å². The van der Waals surface area contributed by atoms with E-state index in [-0.39, 0.29) is 16.6 Å². The number of nitrogens with zero attached hydrogens (tertiary/aromatic N) is 3. The molecule has 2 rings (SSSR count). The number of rotatable bonds is 1. The third kappa shape index (κ3) is 1.58. The fourth-order valence-electron chi connectivity index (χ4n) is 1.40. The Morgan fingerprint density at radius 1 is 1.56 bits per heavy atom. The van der Waals surface area contributed by atoms with Gasteiger partial charge in [0.25, 0.3) is 5.56 Å². The maximum atomic E-state index is 11.8. The van der Waals surface area contributed by atoms with E-state index in [9.17, 15) is 4.79 Å². The molecule has 2 heterocycles. The van der Waals surface area contributed by atoms with Crippen LogP contribution in [0.4, 0.5) is 0 Å². The van der Waals surface area contributed by atoms with Crippen LogP contribution in [0.1, 0.15) is 0 Å². The van der Waals surface area contributed by atoms with E-state index in [0.29, 0.717) is 15.5 Å². The summed E-state index contributed by atoms with van der Waals surface area (Å²) in [6.07, 6.45) is 1.50. The molecule has 0 radical (unpaired) electrons. The quantitative estimate of drug-likeness (QED) is 0.753. The molecule has 0 unspecified atom stereocenters. The molecular formula is C9H7BrClN3O2. The lowest BCUT2D eigenvalue weighted by atomic mass is 10.3. The van der Waals surface area contributed by atoms with Crippen molar-refractivity contribution in [2.45, 2.75) is 0 Å². The summed E-state index contributed by atoms with van der Waals surface area (Å²) in [4.78, 5) is 19.7. The second-order valence-electron chi connectivity index (χ2n) is 3.08. The van der Waals surface area contributed by atoms with Crippen LogP contribution in [0.25, 0.3) is 11.0 Å². The molecule has 0 aromatic carbocycles.